The summed E-state index contributed by atoms with van der Waals surface area (Å²) in [7, 11) is 3.52. The van der Waals surface area contributed by atoms with Crippen molar-refractivity contribution in [3.63, 3.8) is 0 Å². The van der Waals surface area contributed by atoms with Gasteiger partial charge in [0.2, 0.25) is 5.91 Å². The van der Waals surface area contributed by atoms with E-state index in [-0.39, 0.29) is 11.8 Å². The number of aliphatic imine (C=N–C) groups is 1. The minimum absolute atomic E-state index is 0.0165. The SMILES string of the molecule is COCCN(C)C(=O)C1CCc2c(sc3ncnc(Nc4ccc5c(c4)C=NC5)c23)C1. The molecule has 3 aromatic rings. The second kappa shape index (κ2) is 8.36. The highest BCUT2D eigenvalue weighted by atomic mass is 32.1. The number of methoxy groups -OCH3 is 1. The number of nitrogens with one attached hydrogen (secondary N) is 1. The highest BCUT2D eigenvalue weighted by Gasteiger charge is 2.30. The van der Waals surface area contributed by atoms with Crippen molar-refractivity contribution < 1.29 is 9.53 Å². The van der Waals surface area contributed by atoms with Gasteiger partial charge in [-0.2, -0.15) is 0 Å². The molecule has 7 nitrogen and oxygen atoms in total. The number of anilines is 2. The fraction of sp³-hybridized carbons (Fsp3) is 0.391. The number of carbonyl (C=O) groups excluding carboxylic acids is 1. The molecule has 1 aromatic carbocycles. The highest BCUT2D eigenvalue weighted by molar-refractivity contribution is 7.19. The van der Waals surface area contributed by atoms with Gasteiger partial charge in [0.05, 0.1) is 18.5 Å². The zero-order valence-electron chi connectivity index (χ0n) is 17.7. The van der Waals surface area contributed by atoms with Crippen LogP contribution in [-0.2, 0) is 28.9 Å². The Labute approximate surface area is 185 Å². The predicted octanol–water partition coefficient (Wildman–Crippen LogP) is 3.58. The Bertz CT molecular complexity index is 1170. The van der Waals surface area contributed by atoms with Gasteiger partial charge >= 0.3 is 0 Å². The Morgan fingerprint density at radius 1 is 1.35 bits per heavy atom. The Morgan fingerprint density at radius 2 is 2.26 bits per heavy atom. The standard InChI is InChI=1S/C23H25N5O2S/c1-28(7-8-30-2)23(29)14-4-6-18-19(10-14)31-22-20(18)21(25-13-26-22)27-17-5-3-15-11-24-12-16(15)9-17/h3,5,9,12-14H,4,6-8,10-11H2,1-2H3,(H,25,26,27). The van der Waals surface area contributed by atoms with Crippen LogP contribution in [0, 0.1) is 5.92 Å². The molecule has 1 aliphatic carbocycles. The molecule has 2 aliphatic rings. The van der Waals surface area contributed by atoms with Crippen LogP contribution in [-0.4, -0.2) is 54.3 Å². The number of likely N-dealkylation sites (N-methyl/N-ethyl adjacent to an activating group) is 1. The number of rotatable bonds is 6. The van der Waals surface area contributed by atoms with Gasteiger partial charge in [-0.05, 0) is 48.1 Å². The maximum Gasteiger partial charge on any atom is 0.225 e. The van der Waals surface area contributed by atoms with Gasteiger partial charge in [0.25, 0.3) is 0 Å². The summed E-state index contributed by atoms with van der Waals surface area (Å²) in [5.74, 6) is 1.05. The van der Waals surface area contributed by atoms with E-state index < -0.39 is 0 Å². The molecule has 0 radical (unpaired) electrons. The van der Waals surface area contributed by atoms with Crippen LogP contribution in [0.2, 0.25) is 0 Å². The average molecular weight is 436 g/mol. The van der Waals surface area contributed by atoms with Gasteiger partial charge in [-0.15, -0.1) is 11.3 Å². The monoisotopic (exact) mass is 435 g/mol. The van der Waals surface area contributed by atoms with Gasteiger partial charge in [-0.25, -0.2) is 9.97 Å². The van der Waals surface area contributed by atoms with Gasteiger partial charge < -0.3 is 15.0 Å². The van der Waals surface area contributed by atoms with Crippen molar-refractivity contribution in [2.75, 3.05) is 32.6 Å². The fourth-order valence-corrected chi connectivity index (χ4v) is 5.65. The molecular formula is C23H25N5O2S. The Morgan fingerprint density at radius 3 is 3.13 bits per heavy atom. The molecule has 5 rings (SSSR count). The Hall–Kier alpha value is -2.84. The Balaban J connectivity index is 1.41. The summed E-state index contributed by atoms with van der Waals surface area (Å²) in [6, 6.07) is 6.30. The second-order valence-corrected chi connectivity index (χ2v) is 9.19. The van der Waals surface area contributed by atoms with E-state index in [0.29, 0.717) is 13.2 Å². The van der Waals surface area contributed by atoms with Gasteiger partial charge in [-0.1, -0.05) is 6.07 Å². The molecule has 31 heavy (non-hydrogen) atoms. The molecule has 160 valence electrons. The molecule has 1 unspecified atom stereocenters. The van der Waals surface area contributed by atoms with E-state index in [9.17, 15) is 4.79 Å². The molecule has 1 amide bonds. The summed E-state index contributed by atoms with van der Waals surface area (Å²) in [5, 5.41) is 4.59. The lowest BCUT2D eigenvalue weighted by Gasteiger charge is -2.26. The lowest BCUT2D eigenvalue weighted by atomic mass is 9.87. The molecular weight excluding hydrogens is 410 g/mol. The number of thiophene rings is 1. The lowest BCUT2D eigenvalue weighted by molar-refractivity contribution is -0.135. The van der Waals surface area contributed by atoms with Crippen LogP contribution in [0.5, 0.6) is 0 Å². The molecule has 0 bridgehead atoms. The summed E-state index contributed by atoms with van der Waals surface area (Å²) < 4.78 is 5.11. The van der Waals surface area contributed by atoms with E-state index in [1.165, 1.54) is 16.0 Å². The number of fused-ring (bicyclic) bond motifs is 4. The molecule has 0 fully saturated rings. The first-order chi connectivity index (χ1) is 15.1. The molecule has 1 atom stereocenters. The van der Waals surface area contributed by atoms with Gasteiger partial charge in [-0.3, -0.25) is 9.79 Å². The van der Waals surface area contributed by atoms with Crippen LogP contribution >= 0.6 is 11.3 Å². The third kappa shape index (κ3) is 3.81. The zero-order chi connectivity index (χ0) is 21.4. The zero-order valence-corrected chi connectivity index (χ0v) is 18.5. The number of nitrogens with zero attached hydrogens (tertiary/aromatic N) is 4. The summed E-state index contributed by atoms with van der Waals surface area (Å²) >= 11 is 1.69. The normalized spacial score (nSPS) is 16.9. The van der Waals surface area contributed by atoms with Crippen molar-refractivity contribution in [1.29, 1.82) is 0 Å². The Kier molecular flexibility index (Phi) is 5.41. The van der Waals surface area contributed by atoms with E-state index in [0.717, 1.165) is 53.1 Å². The smallest absolute Gasteiger partial charge is 0.225 e. The van der Waals surface area contributed by atoms with Gasteiger partial charge in [0.1, 0.15) is 17.0 Å². The molecule has 2 aromatic heterocycles. The number of carbonyl (C=O) groups is 1. The second-order valence-electron chi connectivity index (χ2n) is 8.11. The third-order valence-electron chi connectivity index (χ3n) is 6.10. The number of aryl methyl sites for hydroxylation is 1. The maximum atomic E-state index is 12.9. The van der Waals surface area contributed by atoms with Crippen molar-refractivity contribution in [3.8, 4) is 0 Å². The molecule has 0 saturated carbocycles. The van der Waals surface area contributed by atoms with Crippen LogP contribution in [0.15, 0.2) is 29.5 Å². The topological polar surface area (TPSA) is 79.7 Å². The van der Waals surface area contributed by atoms with Crippen molar-refractivity contribution in [3.05, 3.63) is 46.1 Å². The van der Waals surface area contributed by atoms with Crippen LogP contribution in [0.25, 0.3) is 10.2 Å². The van der Waals surface area contributed by atoms with E-state index >= 15 is 0 Å². The molecule has 8 heteroatoms. The van der Waals surface area contributed by atoms with E-state index in [1.54, 1.807) is 29.7 Å². The van der Waals surface area contributed by atoms with Crippen LogP contribution < -0.4 is 5.32 Å². The summed E-state index contributed by atoms with van der Waals surface area (Å²) in [5.41, 5.74) is 4.68. The molecule has 3 heterocycles. The summed E-state index contributed by atoms with van der Waals surface area (Å²) in [6.07, 6.45) is 6.01. The predicted molar refractivity (Wildman–Crippen MR) is 123 cm³/mol. The first-order valence-electron chi connectivity index (χ1n) is 10.5. The molecule has 1 aliphatic heterocycles. The molecule has 1 N–H and O–H groups in total. The number of hydrogen-bond acceptors (Lipinski definition) is 7. The molecule has 0 spiro atoms. The van der Waals surface area contributed by atoms with E-state index in [4.69, 9.17) is 4.74 Å². The van der Waals surface area contributed by atoms with Crippen LogP contribution in [0.1, 0.15) is 28.0 Å². The maximum absolute atomic E-state index is 12.9. The minimum Gasteiger partial charge on any atom is -0.383 e. The number of ether oxygens (including phenoxy) is 1. The molecule has 0 saturated heterocycles. The van der Waals surface area contributed by atoms with Gasteiger partial charge in [0, 0.05) is 43.4 Å². The first kappa shape index (κ1) is 20.1. The number of amides is 1. The largest absolute Gasteiger partial charge is 0.383 e. The van der Waals surface area contributed by atoms with Crippen molar-refractivity contribution >= 4 is 45.2 Å². The quantitative estimate of drug-likeness (QED) is 0.640. The van der Waals surface area contributed by atoms with Crippen LogP contribution in [0.4, 0.5) is 11.5 Å². The minimum atomic E-state index is 0.0165. The number of aromatic nitrogens is 2. The third-order valence-corrected chi connectivity index (χ3v) is 7.26. The first-order valence-corrected chi connectivity index (χ1v) is 11.3. The van der Waals surface area contributed by atoms with Gasteiger partial charge in [0.15, 0.2) is 0 Å². The van der Waals surface area contributed by atoms with Crippen LogP contribution in [0.3, 0.4) is 0 Å². The van der Waals surface area contributed by atoms with E-state index in [2.05, 4.69) is 38.5 Å². The average Bonchev–Trinajstić information content (AvgIpc) is 3.40. The number of benzene rings is 1. The summed E-state index contributed by atoms with van der Waals surface area (Å²) in [4.78, 5) is 30.3. The fourth-order valence-electron chi connectivity index (χ4n) is 4.38. The summed E-state index contributed by atoms with van der Waals surface area (Å²) in [6.45, 7) is 1.93. The van der Waals surface area contributed by atoms with Crippen molar-refractivity contribution in [1.82, 2.24) is 14.9 Å². The van der Waals surface area contributed by atoms with Crippen molar-refractivity contribution in [2.24, 2.45) is 10.9 Å². The number of hydrogen-bond donors (Lipinski definition) is 1. The van der Waals surface area contributed by atoms with Crippen molar-refractivity contribution in [2.45, 2.75) is 25.8 Å². The van der Waals surface area contributed by atoms with E-state index in [1.807, 2.05) is 13.3 Å². The lowest BCUT2D eigenvalue weighted by Crippen LogP contribution is -2.37. The highest BCUT2D eigenvalue weighted by Crippen LogP contribution is 2.40.